The minimum Gasteiger partial charge on any atom is -0.268 e. The summed E-state index contributed by atoms with van der Waals surface area (Å²) < 4.78 is 1.01. The fourth-order valence-electron chi connectivity index (χ4n) is 2.11. The highest BCUT2D eigenvalue weighted by atomic mass is 127. The van der Waals surface area contributed by atoms with E-state index in [1.165, 1.54) is 0 Å². The Balaban J connectivity index is 1.91. The SMILES string of the molecule is O=C1/C(=C/c2ccc(Cl)cc2)SC(=S)N1C(=O)c1ccccc1I. The van der Waals surface area contributed by atoms with Gasteiger partial charge in [0.2, 0.25) is 0 Å². The van der Waals surface area contributed by atoms with E-state index in [1.807, 2.05) is 12.1 Å². The largest absolute Gasteiger partial charge is 0.273 e. The van der Waals surface area contributed by atoms with Crippen molar-refractivity contribution >= 4 is 80.4 Å². The summed E-state index contributed by atoms with van der Waals surface area (Å²) in [4.78, 5) is 26.8. The zero-order chi connectivity index (χ0) is 17.3. The molecule has 0 spiro atoms. The zero-order valence-electron chi connectivity index (χ0n) is 12.0. The number of thiocarbonyl (C=S) groups is 1. The van der Waals surface area contributed by atoms with Gasteiger partial charge in [0.1, 0.15) is 0 Å². The lowest BCUT2D eigenvalue weighted by Crippen LogP contribution is -2.35. The van der Waals surface area contributed by atoms with Crippen LogP contribution in [-0.4, -0.2) is 21.0 Å². The third kappa shape index (κ3) is 3.56. The maximum Gasteiger partial charge on any atom is 0.273 e. The molecule has 7 heteroatoms. The molecule has 0 N–H and O–H groups in total. The molecule has 1 aliphatic heterocycles. The zero-order valence-corrected chi connectivity index (χ0v) is 16.6. The van der Waals surface area contributed by atoms with Crippen LogP contribution < -0.4 is 0 Å². The van der Waals surface area contributed by atoms with Crippen molar-refractivity contribution in [3.05, 3.63) is 73.2 Å². The summed E-state index contributed by atoms with van der Waals surface area (Å²) in [5.41, 5.74) is 1.28. The van der Waals surface area contributed by atoms with Crippen LogP contribution >= 0.6 is 58.2 Å². The number of imide groups is 1. The third-order valence-electron chi connectivity index (χ3n) is 3.27. The van der Waals surface area contributed by atoms with Gasteiger partial charge < -0.3 is 0 Å². The van der Waals surface area contributed by atoms with E-state index in [-0.39, 0.29) is 4.32 Å². The molecule has 1 aliphatic rings. The minimum absolute atomic E-state index is 0.241. The van der Waals surface area contributed by atoms with E-state index >= 15 is 0 Å². The highest BCUT2D eigenvalue weighted by Gasteiger charge is 2.37. The predicted octanol–water partition coefficient (Wildman–Crippen LogP) is 4.99. The average molecular weight is 486 g/mol. The van der Waals surface area contributed by atoms with Gasteiger partial charge in [0.15, 0.2) is 4.32 Å². The lowest BCUT2D eigenvalue weighted by atomic mass is 10.2. The Hall–Kier alpha value is -1.22. The molecule has 0 unspecified atom stereocenters. The monoisotopic (exact) mass is 485 g/mol. The summed E-state index contributed by atoms with van der Waals surface area (Å²) >= 11 is 14.3. The Morgan fingerprint density at radius 3 is 2.50 bits per heavy atom. The van der Waals surface area contributed by atoms with Crippen LogP contribution in [0.4, 0.5) is 0 Å². The number of thioether (sulfide) groups is 1. The highest BCUT2D eigenvalue weighted by molar-refractivity contribution is 14.1. The van der Waals surface area contributed by atoms with Crippen molar-refractivity contribution < 1.29 is 9.59 Å². The molecule has 1 fully saturated rings. The molecular weight excluding hydrogens is 477 g/mol. The van der Waals surface area contributed by atoms with Crippen molar-refractivity contribution in [2.45, 2.75) is 0 Å². The molecule has 24 heavy (non-hydrogen) atoms. The number of hydrogen-bond acceptors (Lipinski definition) is 4. The first kappa shape index (κ1) is 17.6. The fraction of sp³-hybridized carbons (Fsp3) is 0. The molecule has 3 nitrogen and oxygen atoms in total. The Morgan fingerprint density at radius 2 is 1.83 bits per heavy atom. The van der Waals surface area contributed by atoms with Crippen molar-refractivity contribution in [3.63, 3.8) is 0 Å². The quantitative estimate of drug-likeness (QED) is 0.260. The number of nitrogens with zero attached hydrogens (tertiary/aromatic N) is 1. The summed E-state index contributed by atoms with van der Waals surface area (Å²) in [6.45, 7) is 0. The molecule has 0 radical (unpaired) electrons. The molecule has 1 saturated heterocycles. The van der Waals surface area contributed by atoms with Gasteiger partial charge in [-0.15, -0.1) is 0 Å². The summed E-state index contributed by atoms with van der Waals surface area (Å²) in [5, 5.41) is 0.619. The van der Waals surface area contributed by atoms with Gasteiger partial charge in [0.25, 0.3) is 11.8 Å². The van der Waals surface area contributed by atoms with E-state index in [9.17, 15) is 9.59 Å². The maximum atomic E-state index is 12.7. The molecule has 0 saturated carbocycles. The lowest BCUT2D eigenvalue weighted by molar-refractivity contribution is -0.120. The van der Waals surface area contributed by atoms with E-state index in [2.05, 4.69) is 22.6 Å². The molecule has 3 rings (SSSR count). The van der Waals surface area contributed by atoms with Crippen molar-refractivity contribution in [2.24, 2.45) is 0 Å². The predicted molar refractivity (Wildman–Crippen MR) is 110 cm³/mol. The van der Waals surface area contributed by atoms with E-state index in [4.69, 9.17) is 23.8 Å². The van der Waals surface area contributed by atoms with Gasteiger partial charge in [-0.1, -0.05) is 59.8 Å². The summed E-state index contributed by atoms with van der Waals surface area (Å²) in [6.07, 6.45) is 1.71. The van der Waals surface area contributed by atoms with Crippen LogP contribution in [-0.2, 0) is 4.79 Å². The van der Waals surface area contributed by atoms with Crippen LogP contribution in [0.25, 0.3) is 6.08 Å². The Kier molecular flexibility index (Phi) is 5.39. The first-order chi connectivity index (χ1) is 11.5. The standard InChI is InChI=1S/C17H9ClINO2S2/c18-11-7-5-10(6-8-11)9-14-16(22)20(17(23)24-14)15(21)12-3-1-2-4-13(12)19/h1-9H/b14-9-. The van der Waals surface area contributed by atoms with Crippen LogP contribution in [0.3, 0.4) is 0 Å². The average Bonchev–Trinajstić information content (AvgIpc) is 2.83. The second-order valence-electron chi connectivity index (χ2n) is 4.85. The summed E-state index contributed by atoms with van der Waals surface area (Å²) in [7, 11) is 0. The van der Waals surface area contributed by atoms with Gasteiger partial charge in [0, 0.05) is 8.59 Å². The van der Waals surface area contributed by atoms with Crippen LogP contribution in [0, 0.1) is 3.57 Å². The van der Waals surface area contributed by atoms with E-state index in [1.54, 1.807) is 42.5 Å². The fourth-order valence-corrected chi connectivity index (χ4v) is 4.11. The van der Waals surface area contributed by atoms with Gasteiger partial charge in [-0.25, -0.2) is 4.90 Å². The molecule has 0 aliphatic carbocycles. The first-order valence-electron chi connectivity index (χ1n) is 6.80. The molecule has 2 aromatic rings. The Morgan fingerprint density at radius 1 is 1.17 bits per heavy atom. The van der Waals surface area contributed by atoms with Gasteiger partial charge in [-0.2, -0.15) is 0 Å². The van der Waals surface area contributed by atoms with Crippen LogP contribution in [0.1, 0.15) is 15.9 Å². The number of carbonyl (C=O) groups is 2. The van der Waals surface area contributed by atoms with Crippen molar-refractivity contribution in [1.29, 1.82) is 0 Å². The summed E-state index contributed by atoms with van der Waals surface area (Å²) in [5.74, 6) is -0.799. The maximum absolute atomic E-state index is 12.7. The molecule has 0 bridgehead atoms. The topological polar surface area (TPSA) is 37.4 Å². The van der Waals surface area contributed by atoms with Gasteiger partial charge in [-0.3, -0.25) is 9.59 Å². The van der Waals surface area contributed by atoms with Crippen molar-refractivity contribution in [2.75, 3.05) is 0 Å². The van der Waals surface area contributed by atoms with Gasteiger partial charge in [0.05, 0.1) is 10.5 Å². The number of amides is 2. The second kappa shape index (κ2) is 7.35. The van der Waals surface area contributed by atoms with E-state index < -0.39 is 11.8 Å². The number of halogens is 2. The first-order valence-corrected chi connectivity index (χ1v) is 9.48. The van der Waals surface area contributed by atoms with Crippen LogP contribution in [0.5, 0.6) is 0 Å². The number of rotatable bonds is 2. The molecule has 120 valence electrons. The molecular formula is C17H9ClINO2S2. The second-order valence-corrected chi connectivity index (χ2v) is 8.13. The minimum atomic E-state index is -0.401. The van der Waals surface area contributed by atoms with Gasteiger partial charge >= 0.3 is 0 Å². The van der Waals surface area contributed by atoms with Crippen LogP contribution in [0.15, 0.2) is 53.4 Å². The molecule has 0 atom stereocenters. The lowest BCUT2D eigenvalue weighted by Gasteiger charge is -2.13. The van der Waals surface area contributed by atoms with E-state index in [0.29, 0.717) is 15.5 Å². The highest BCUT2D eigenvalue weighted by Crippen LogP contribution is 2.34. The van der Waals surface area contributed by atoms with Crippen molar-refractivity contribution in [3.8, 4) is 0 Å². The van der Waals surface area contributed by atoms with Gasteiger partial charge in [-0.05, 0) is 58.5 Å². The molecule has 2 amide bonds. The Labute approximate surface area is 167 Å². The Bertz CT molecular complexity index is 880. The number of carbonyl (C=O) groups excluding carboxylic acids is 2. The van der Waals surface area contributed by atoms with Crippen molar-refractivity contribution in [1.82, 2.24) is 4.90 Å². The normalized spacial score (nSPS) is 16.1. The number of hydrogen-bond donors (Lipinski definition) is 0. The summed E-state index contributed by atoms with van der Waals surface area (Å²) in [6, 6.07) is 14.2. The molecule has 2 aromatic carbocycles. The number of benzene rings is 2. The smallest absolute Gasteiger partial charge is 0.268 e. The van der Waals surface area contributed by atoms with E-state index in [0.717, 1.165) is 25.8 Å². The molecule has 1 heterocycles. The molecule has 0 aromatic heterocycles. The third-order valence-corrected chi connectivity index (χ3v) is 5.76. The van der Waals surface area contributed by atoms with Crippen LogP contribution in [0.2, 0.25) is 5.02 Å².